The Kier molecular flexibility index (Phi) is 3.02. The summed E-state index contributed by atoms with van der Waals surface area (Å²) in [5.41, 5.74) is 2.27. The number of hydrogen-bond donors (Lipinski definition) is 0. The lowest BCUT2D eigenvalue weighted by Crippen LogP contribution is -2.24. The van der Waals surface area contributed by atoms with Gasteiger partial charge in [-0.25, -0.2) is 4.98 Å². The average Bonchev–Trinajstić information content (AvgIpc) is 3.23. The largest absolute Gasteiger partial charge is 0.338 e. The molecule has 7 nitrogen and oxygen atoms in total. The zero-order chi connectivity index (χ0) is 15.3. The van der Waals surface area contributed by atoms with E-state index in [-0.39, 0.29) is 11.8 Å². The minimum Gasteiger partial charge on any atom is -0.338 e. The van der Waals surface area contributed by atoms with Crippen LogP contribution in [0.25, 0.3) is 17.2 Å². The summed E-state index contributed by atoms with van der Waals surface area (Å²) in [6.45, 7) is 0.417. The molecule has 3 aromatic rings. The van der Waals surface area contributed by atoms with Crippen LogP contribution in [0.15, 0.2) is 22.3 Å². The van der Waals surface area contributed by atoms with Gasteiger partial charge >= 0.3 is 0 Å². The topological polar surface area (TPSA) is 77.1 Å². The molecule has 0 aromatic carbocycles. The van der Waals surface area contributed by atoms with Gasteiger partial charge in [0.05, 0.1) is 17.9 Å². The van der Waals surface area contributed by atoms with E-state index in [9.17, 15) is 4.79 Å². The number of amides is 1. The second kappa shape index (κ2) is 4.92. The third-order valence-corrected chi connectivity index (χ3v) is 4.61. The summed E-state index contributed by atoms with van der Waals surface area (Å²) >= 11 is 7.11. The fraction of sp³-hybridized carbons (Fsp3) is 0.231. The van der Waals surface area contributed by atoms with Gasteiger partial charge in [-0.3, -0.25) is 9.36 Å². The molecule has 1 amide bonds. The molecule has 0 N–H and O–H groups in total. The molecule has 0 saturated heterocycles. The summed E-state index contributed by atoms with van der Waals surface area (Å²) in [5, 5.41) is 5.80. The van der Waals surface area contributed by atoms with E-state index in [0.29, 0.717) is 28.8 Å². The van der Waals surface area contributed by atoms with Crippen LogP contribution in [0, 0.1) is 0 Å². The highest BCUT2D eigenvalue weighted by Crippen LogP contribution is 2.31. The minimum atomic E-state index is -0.00536. The number of hydrogen-bond acceptors (Lipinski definition) is 6. The van der Waals surface area contributed by atoms with Crippen molar-refractivity contribution in [1.29, 1.82) is 0 Å². The first-order valence-corrected chi connectivity index (χ1v) is 7.89. The Morgan fingerprint density at radius 1 is 1.50 bits per heavy atom. The number of alkyl halides is 1. The first kappa shape index (κ1) is 13.5. The lowest BCUT2D eigenvalue weighted by molar-refractivity contribution is 0.0792. The van der Waals surface area contributed by atoms with E-state index in [1.165, 1.54) is 11.3 Å². The van der Waals surface area contributed by atoms with Crippen LogP contribution in [0.1, 0.15) is 21.3 Å². The van der Waals surface area contributed by atoms with Gasteiger partial charge < -0.3 is 9.42 Å². The molecular weight excluding hydrogens is 326 g/mol. The predicted octanol–water partition coefficient (Wildman–Crippen LogP) is 2.31. The monoisotopic (exact) mass is 335 g/mol. The van der Waals surface area contributed by atoms with E-state index in [2.05, 4.69) is 15.1 Å². The van der Waals surface area contributed by atoms with Crippen LogP contribution >= 0.6 is 22.9 Å². The molecule has 4 rings (SSSR count). The minimum absolute atomic E-state index is 0.00536. The van der Waals surface area contributed by atoms with Crippen molar-refractivity contribution in [3.05, 3.63) is 34.2 Å². The molecule has 0 spiro atoms. The van der Waals surface area contributed by atoms with Gasteiger partial charge in [0.2, 0.25) is 11.7 Å². The summed E-state index contributed by atoms with van der Waals surface area (Å²) in [5.74, 6) is 0.863. The van der Waals surface area contributed by atoms with Gasteiger partial charge in [-0.2, -0.15) is 4.98 Å². The lowest BCUT2D eigenvalue weighted by atomic mass is 10.3. The van der Waals surface area contributed by atoms with Gasteiger partial charge in [0.25, 0.3) is 5.91 Å². The van der Waals surface area contributed by atoms with Gasteiger partial charge in [-0.1, -0.05) is 5.16 Å². The second-order valence-corrected chi connectivity index (χ2v) is 6.03. The van der Waals surface area contributed by atoms with Crippen molar-refractivity contribution in [2.24, 2.45) is 0 Å². The Balaban J connectivity index is 1.90. The Morgan fingerprint density at radius 3 is 3.14 bits per heavy atom. The third-order valence-electron chi connectivity index (χ3n) is 3.49. The summed E-state index contributed by atoms with van der Waals surface area (Å²) in [4.78, 5) is 23.4. The Labute approximate surface area is 134 Å². The molecule has 3 aromatic heterocycles. The van der Waals surface area contributed by atoms with Crippen LogP contribution < -0.4 is 0 Å². The summed E-state index contributed by atoms with van der Waals surface area (Å²) < 4.78 is 6.94. The third kappa shape index (κ3) is 1.87. The van der Waals surface area contributed by atoms with Gasteiger partial charge in [0.15, 0.2) is 0 Å². The number of thiophene rings is 1. The Bertz CT molecular complexity index is 868. The molecule has 0 bridgehead atoms. The molecule has 112 valence electrons. The Morgan fingerprint density at radius 2 is 2.36 bits per heavy atom. The highest BCUT2D eigenvalue weighted by molar-refractivity contribution is 7.12. The molecule has 0 fully saturated rings. The molecule has 4 heterocycles. The van der Waals surface area contributed by atoms with Crippen molar-refractivity contribution < 1.29 is 9.32 Å². The zero-order valence-electron chi connectivity index (χ0n) is 11.5. The standard InChI is InChI=1S/C13H10ClN5O2S/c1-18-5-8-10(12-16-9(4-14)21-17-12)15-6-19(8)7-2-3-22-11(7)13(18)20/h2-3,6H,4-5H2,1H3. The van der Waals surface area contributed by atoms with Gasteiger partial charge in [-0.05, 0) is 11.4 Å². The smallest absolute Gasteiger partial charge is 0.266 e. The molecule has 0 atom stereocenters. The number of fused-ring (bicyclic) bond motifs is 3. The molecule has 22 heavy (non-hydrogen) atoms. The van der Waals surface area contributed by atoms with Gasteiger partial charge in [0.1, 0.15) is 22.8 Å². The molecule has 0 saturated carbocycles. The predicted molar refractivity (Wildman–Crippen MR) is 80.1 cm³/mol. The highest BCUT2D eigenvalue weighted by atomic mass is 35.5. The van der Waals surface area contributed by atoms with Crippen molar-refractivity contribution in [3.63, 3.8) is 0 Å². The molecular formula is C13H10ClN5O2S. The van der Waals surface area contributed by atoms with Crippen LogP contribution in [0.3, 0.4) is 0 Å². The van der Waals surface area contributed by atoms with Crippen molar-refractivity contribution >= 4 is 28.8 Å². The van der Waals surface area contributed by atoms with Crippen LogP contribution in [-0.2, 0) is 12.4 Å². The molecule has 0 radical (unpaired) electrons. The number of carbonyl (C=O) groups is 1. The number of halogens is 1. The second-order valence-electron chi connectivity index (χ2n) is 4.85. The number of imidazole rings is 1. The van der Waals surface area contributed by atoms with E-state index in [1.807, 2.05) is 16.0 Å². The number of aromatic nitrogens is 4. The van der Waals surface area contributed by atoms with Crippen molar-refractivity contribution in [3.8, 4) is 17.2 Å². The molecule has 1 aliphatic rings. The molecule has 0 unspecified atom stereocenters. The quantitative estimate of drug-likeness (QED) is 0.672. The number of nitrogens with zero attached hydrogens (tertiary/aromatic N) is 5. The van der Waals surface area contributed by atoms with E-state index < -0.39 is 0 Å². The van der Waals surface area contributed by atoms with Crippen LogP contribution in [0.5, 0.6) is 0 Å². The summed E-state index contributed by atoms with van der Waals surface area (Å²) in [6.07, 6.45) is 1.68. The maximum atomic E-state index is 12.4. The zero-order valence-corrected chi connectivity index (χ0v) is 13.1. The van der Waals surface area contributed by atoms with E-state index in [4.69, 9.17) is 16.1 Å². The van der Waals surface area contributed by atoms with Crippen molar-refractivity contribution in [1.82, 2.24) is 24.6 Å². The van der Waals surface area contributed by atoms with Crippen molar-refractivity contribution in [2.45, 2.75) is 12.4 Å². The van der Waals surface area contributed by atoms with Gasteiger partial charge in [-0.15, -0.1) is 22.9 Å². The van der Waals surface area contributed by atoms with Gasteiger partial charge in [0, 0.05) is 7.05 Å². The fourth-order valence-electron chi connectivity index (χ4n) is 2.45. The first-order chi connectivity index (χ1) is 10.7. The lowest BCUT2D eigenvalue weighted by Gasteiger charge is -2.13. The number of rotatable bonds is 2. The summed E-state index contributed by atoms with van der Waals surface area (Å²) in [7, 11) is 1.76. The van der Waals surface area contributed by atoms with E-state index in [1.54, 1.807) is 18.3 Å². The molecule has 1 aliphatic heterocycles. The summed E-state index contributed by atoms with van der Waals surface area (Å²) in [6, 6.07) is 1.91. The van der Waals surface area contributed by atoms with E-state index >= 15 is 0 Å². The maximum Gasteiger partial charge on any atom is 0.266 e. The maximum absolute atomic E-state index is 12.4. The number of carbonyl (C=O) groups excluding carboxylic acids is 1. The normalized spacial score (nSPS) is 13.9. The average molecular weight is 336 g/mol. The SMILES string of the molecule is CN1Cc2c(-c3noc(CCl)n3)ncn2-c2ccsc2C1=O. The molecule has 0 aliphatic carbocycles. The van der Waals surface area contributed by atoms with E-state index in [0.717, 1.165) is 11.4 Å². The van der Waals surface area contributed by atoms with Crippen molar-refractivity contribution in [2.75, 3.05) is 7.05 Å². The fourth-order valence-corrected chi connectivity index (χ4v) is 3.43. The van der Waals surface area contributed by atoms with Crippen LogP contribution in [0.4, 0.5) is 0 Å². The molecule has 9 heteroatoms. The van der Waals surface area contributed by atoms with Crippen LogP contribution in [0.2, 0.25) is 0 Å². The van der Waals surface area contributed by atoms with Crippen LogP contribution in [-0.4, -0.2) is 37.5 Å². The first-order valence-electron chi connectivity index (χ1n) is 6.47. The Hall–Kier alpha value is -2.19. The highest BCUT2D eigenvalue weighted by Gasteiger charge is 2.28.